The minimum atomic E-state index is -4.76. The van der Waals surface area contributed by atoms with Crippen molar-refractivity contribution in [2.45, 2.75) is 12.3 Å². The molecule has 0 aliphatic carbocycles. The third-order valence-corrected chi connectivity index (χ3v) is 6.06. The molecule has 1 aliphatic heterocycles. The van der Waals surface area contributed by atoms with Crippen LogP contribution in [0.4, 0.5) is 24.5 Å². The van der Waals surface area contributed by atoms with Crippen LogP contribution in [0.25, 0.3) is 0 Å². The highest BCUT2D eigenvalue weighted by Gasteiger charge is 2.43. The van der Waals surface area contributed by atoms with Gasteiger partial charge in [-0.1, -0.05) is 53.0 Å². The molecule has 1 aliphatic rings. The van der Waals surface area contributed by atoms with E-state index in [2.05, 4.69) is 0 Å². The van der Waals surface area contributed by atoms with Gasteiger partial charge in [0.2, 0.25) is 0 Å². The number of nitrogens with two attached hydrogens (primary N) is 1. The van der Waals surface area contributed by atoms with Crippen LogP contribution in [0.15, 0.2) is 78.6 Å². The summed E-state index contributed by atoms with van der Waals surface area (Å²) in [6, 6.07) is 16.6. The Morgan fingerprint density at radius 2 is 1.59 bits per heavy atom. The molecule has 3 aromatic carbocycles. The number of rotatable bonds is 4. The van der Waals surface area contributed by atoms with Crippen LogP contribution in [0.3, 0.4) is 0 Å². The fourth-order valence-corrected chi connectivity index (χ4v) is 4.30. The Morgan fingerprint density at radius 3 is 2.21 bits per heavy atom. The number of hydrogen-bond donors (Lipinski definition) is 2. The molecule has 0 fully saturated rings. The van der Waals surface area contributed by atoms with E-state index in [0.29, 0.717) is 21.3 Å². The van der Waals surface area contributed by atoms with E-state index < -0.39 is 23.8 Å². The van der Waals surface area contributed by atoms with Crippen molar-refractivity contribution in [1.29, 1.82) is 0 Å². The summed E-state index contributed by atoms with van der Waals surface area (Å²) < 4.78 is 42.2. The predicted molar refractivity (Wildman–Crippen MR) is 127 cm³/mol. The van der Waals surface area contributed by atoms with E-state index in [4.69, 9.17) is 40.6 Å². The molecule has 0 radical (unpaired) electrons. The summed E-state index contributed by atoms with van der Waals surface area (Å²) in [7, 11) is 0. The minimum absolute atomic E-state index is 0.104. The van der Waals surface area contributed by atoms with Gasteiger partial charge < -0.3 is 9.80 Å². The fraction of sp³-hybridized carbons (Fsp3) is 0.0870. The van der Waals surface area contributed by atoms with Gasteiger partial charge in [0.05, 0.1) is 11.3 Å². The summed E-state index contributed by atoms with van der Waals surface area (Å²) in [6.07, 6.45) is -4.32. The highest BCUT2D eigenvalue weighted by Crippen LogP contribution is 2.48. The van der Waals surface area contributed by atoms with Gasteiger partial charge in [-0.15, -0.1) is 0 Å². The highest BCUT2D eigenvalue weighted by atomic mass is 35.5. The molecule has 1 unspecified atom stereocenters. The number of anilines is 2. The fourth-order valence-electron chi connectivity index (χ4n) is 3.77. The van der Waals surface area contributed by atoms with E-state index in [1.165, 1.54) is 23.2 Å². The van der Waals surface area contributed by atoms with Gasteiger partial charge in [0.25, 0.3) is 5.91 Å². The minimum Gasteiger partial charge on any atom is -0.320 e. The van der Waals surface area contributed by atoms with Gasteiger partial charge >= 0.3 is 6.18 Å². The average molecular weight is 528 g/mol. The molecule has 0 aromatic heterocycles. The van der Waals surface area contributed by atoms with Crippen LogP contribution >= 0.6 is 34.8 Å². The zero-order chi connectivity index (χ0) is 24.6. The normalized spacial score (nSPS) is 16.0. The Morgan fingerprint density at radius 1 is 0.941 bits per heavy atom. The summed E-state index contributed by atoms with van der Waals surface area (Å²) in [6.45, 7) is 0. The summed E-state index contributed by atoms with van der Waals surface area (Å²) >= 11 is 18.4. The Hall–Kier alpha value is -2.91. The first kappa shape index (κ1) is 24.2. The van der Waals surface area contributed by atoms with E-state index in [1.54, 1.807) is 53.4 Å². The standard InChI is InChI=1S/C23H16Cl3F3N4O/c24-13-5-8-15(9-6-13)32-12-20(21(34)31-30)33(22(32)16-3-1-2-4-18(16)26)19-10-7-14(25)11-17(19)23(27,28)29/h1-12,22H,30H2,(H,31,34). The van der Waals surface area contributed by atoms with Crippen LogP contribution in [0.1, 0.15) is 17.3 Å². The zero-order valence-corrected chi connectivity index (χ0v) is 19.4. The molecular formula is C23H16Cl3F3N4O. The third-order valence-electron chi connectivity index (χ3n) is 5.22. The van der Waals surface area contributed by atoms with Crippen molar-refractivity contribution in [3.63, 3.8) is 0 Å². The number of nitrogens with zero attached hydrogens (tertiary/aromatic N) is 2. The SMILES string of the molecule is NNC(=O)C1=CN(c2ccc(Cl)cc2)C(c2ccccc2Cl)N1c1ccc(Cl)cc1C(F)(F)F. The number of alkyl halides is 3. The Balaban J connectivity index is 2.01. The number of hydrazine groups is 1. The lowest BCUT2D eigenvalue weighted by Gasteiger charge is -2.36. The van der Waals surface area contributed by atoms with E-state index >= 15 is 0 Å². The lowest BCUT2D eigenvalue weighted by molar-refractivity contribution is -0.137. The van der Waals surface area contributed by atoms with Crippen LogP contribution in [0.2, 0.25) is 15.1 Å². The van der Waals surface area contributed by atoms with Crippen molar-refractivity contribution >= 4 is 52.1 Å². The summed E-state index contributed by atoms with van der Waals surface area (Å²) in [5, 5.41) is 0.657. The molecular weight excluding hydrogens is 512 g/mol. The second kappa shape index (κ2) is 9.38. The number of nitrogens with one attached hydrogen (secondary N) is 1. The van der Waals surface area contributed by atoms with Crippen molar-refractivity contribution in [3.05, 3.63) is 105 Å². The lowest BCUT2D eigenvalue weighted by atomic mass is 10.1. The molecule has 1 heterocycles. The second-order valence-electron chi connectivity index (χ2n) is 7.30. The van der Waals surface area contributed by atoms with Crippen LogP contribution in [0.5, 0.6) is 0 Å². The molecule has 3 aromatic rings. The summed E-state index contributed by atoms with van der Waals surface area (Å²) in [5.41, 5.74) is 1.57. The average Bonchev–Trinajstić information content (AvgIpc) is 3.19. The third kappa shape index (κ3) is 4.54. The van der Waals surface area contributed by atoms with Crippen molar-refractivity contribution in [3.8, 4) is 0 Å². The van der Waals surface area contributed by atoms with Crippen molar-refractivity contribution in [2.24, 2.45) is 5.84 Å². The largest absolute Gasteiger partial charge is 0.418 e. The molecule has 176 valence electrons. The number of carbonyl (C=O) groups is 1. The zero-order valence-electron chi connectivity index (χ0n) is 17.2. The molecule has 1 amide bonds. The Bertz CT molecular complexity index is 1270. The Labute approximate surface area is 208 Å². The van der Waals surface area contributed by atoms with Gasteiger partial charge in [-0.2, -0.15) is 13.2 Å². The molecule has 0 saturated carbocycles. The Kier molecular flexibility index (Phi) is 6.69. The first-order chi connectivity index (χ1) is 16.1. The van der Waals surface area contributed by atoms with Crippen LogP contribution < -0.4 is 21.1 Å². The summed E-state index contributed by atoms with van der Waals surface area (Å²) in [4.78, 5) is 15.6. The first-order valence-electron chi connectivity index (χ1n) is 9.79. The van der Waals surface area contributed by atoms with Crippen LogP contribution in [-0.4, -0.2) is 5.91 Å². The number of halogens is 6. The monoisotopic (exact) mass is 526 g/mol. The van der Waals surface area contributed by atoms with Gasteiger partial charge in [0.1, 0.15) is 11.9 Å². The van der Waals surface area contributed by atoms with Gasteiger partial charge in [0, 0.05) is 32.5 Å². The predicted octanol–water partition coefficient (Wildman–Crippen LogP) is 6.52. The van der Waals surface area contributed by atoms with Crippen molar-refractivity contribution in [2.75, 3.05) is 9.80 Å². The number of hydrogen-bond acceptors (Lipinski definition) is 4. The number of amides is 1. The van der Waals surface area contributed by atoms with Crippen LogP contribution in [0, 0.1) is 0 Å². The highest BCUT2D eigenvalue weighted by molar-refractivity contribution is 6.31. The first-order valence-corrected chi connectivity index (χ1v) is 10.9. The van der Waals surface area contributed by atoms with Gasteiger partial charge in [0.15, 0.2) is 0 Å². The smallest absolute Gasteiger partial charge is 0.320 e. The maximum Gasteiger partial charge on any atom is 0.418 e. The molecule has 1 atom stereocenters. The van der Waals surface area contributed by atoms with Crippen LogP contribution in [-0.2, 0) is 11.0 Å². The maximum atomic E-state index is 14.1. The topological polar surface area (TPSA) is 61.6 Å². The van der Waals surface area contributed by atoms with Gasteiger partial charge in [-0.3, -0.25) is 10.2 Å². The van der Waals surface area contributed by atoms with Gasteiger partial charge in [-0.05, 0) is 48.5 Å². The number of benzene rings is 3. The molecule has 3 N–H and O–H groups in total. The van der Waals surface area contributed by atoms with E-state index in [0.717, 1.165) is 6.07 Å². The van der Waals surface area contributed by atoms with Crippen molar-refractivity contribution < 1.29 is 18.0 Å². The molecule has 11 heteroatoms. The summed E-state index contributed by atoms with van der Waals surface area (Å²) in [5.74, 6) is 4.59. The lowest BCUT2D eigenvalue weighted by Crippen LogP contribution is -2.40. The van der Waals surface area contributed by atoms with Crippen molar-refractivity contribution in [1.82, 2.24) is 5.43 Å². The molecule has 4 rings (SSSR count). The maximum absolute atomic E-state index is 14.1. The second-order valence-corrected chi connectivity index (χ2v) is 8.58. The van der Waals surface area contributed by atoms with E-state index in [9.17, 15) is 18.0 Å². The number of carbonyl (C=O) groups excluding carboxylic acids is 1. The molecule has 0 bridgehead atoms. The van der Waals surface area contributed by atoms with E-state index in [1.807, 2.05) is 5.43 Å². The molecule has 5 nitrogen and oxygen atoms in total. The molecule has 34 heavy (non-hydrogen) atoms. The van der Waals surface area contributed by atoms with E-state index in [-0.39, 0.29) is 16.4 Å². The van der Waals surface area contributed by atoms with Gasteiger partial charge in [-0.25, -0.2) is 5.84 Å². The molecule has 0 saturated heterocycles. The quantitative estimate of drug-likeness (QED) is 0.230. The molecule has 0 spiro atoms.